The van der Waals surface area contributed by atoms with Gasteiger partial charge in [-0.15, -0.1) is 5.10 Å². The third-order valence-corrected chi connectivity index (χ3v) is 2.87. The average molecular weight is 281 g/mol. The molecule has 9 heteroatoms. The number of imidazole rings is 1. The lowest BCUT2D eigenvalue weighted by molar-refractivity contribution is 0.422. The van der Waals surface area contributed by atoms with Gasteiger partial charge in [0.05, 0.1) is 25.6 Å². The first-order valence-corrected chi connectivity index (χ1v) is 5.92. The number of rotatable bonds is 4. The van der Waals surface area contributed by atoms with E-state index in [1.54, 1.807) is 17.1 Å². The fraction of sp³-hybridized carbons (Fsp3) is 0.300. The zero-order valence-corrected chi connectivity index (χ0v) is 10.5. The molecule has 0 aliphatic carbocycles. The summed E-state index contributed by atoms with van der Waals surface area (Å²) in [6.07, 6.45) is 4.65. The van der Waals surface area contributed by atoms with E-state index in [1.807, 2.05) is 0 Å². The number of hydrogen-bond acceptors (Lipinski definition) is 5. The molecule has 0 spiro atoms. The van der Waals surface area contributed by atoms with Crippen molar-refractivity contribution in [1.82, 2.24) is 34.5 Å². The molecule has 0 amide bonds. The number of halogens is 2. The molecule has 0 aromatic carbocycles. The number of aromatic nitrogens is 7. The first kappa shape index (κ1) is 12.0. The van der Waals surface area contributed by atoms with Gasteiger partial charge in [0.25, 0.3) is 0 Å². The molecule has 0 saturated heterocycles. The lowest BCUT2D eigenvalue weighted by atomic mass is 10.4. The summed E-state index contributed by atoms with van der Waals surface area (Å²) in [5.74, 6) is 0. The van der Waals surface area contributed by atoms with Crippen LogP contribution in [0.4, 0.5) is 4.39 Å². The summed E-state index contributed by atoms with van der Waals surface area (Å²) in [4.78, 5) is 12.1. The van der Waals surface area contributed by atoms with E-state index in [9.17, 15) is 4.39 Å². The Bertz CT molecular complexity index is 707. The van der Waals surface area contributed by atoms with E-state index in [2.05, 4.69) is 25.3 Å². The Balaban J connectivity index is 1.92. The van der Waals surface area contributed by atoms with Crippen LogP contribution in [0, 0.1) is 0 Å². The Hall–Kier alpha value is -2.09. The molecular formula is C10H9ClFN7. The number of nitrogens with zero attached hydrogens (tertiary/aromatic N) is 7. The first-order chi connectivity index (χ1) is 9.28. The molecule has 3 heterocycles. The molecule has 0 atom stereocenters. The zero-order valence-electron chi connectivity index (χ0n) is 9.74. The fourth-order valence-corrected chi connectivity index (χ4v) is 2.01. The lowest BCUT2D eigenvalue weighted by Crippen LogP contribution is -2.00. The second kappa shape index (κ2) is 4.88. The van der Waals surface area contributed by atoms with Crippen LogP contribution in [-0.4, -0.2) is 41.2 Å². The SMILES string of the molecule is [18F]CCn1cc(Cn2cnc3ncnc(Cl)c32)nn1. The number of alkyl halides is 1. The number of aryl methyl sites for hydroxylation is 1. The molecule has 0 saturated carbocycles. The lowest BCUT2D eigenvalue weighted by Gasteiger charge is -2.01. The maximum Gasteiger partial charge on any atom is 0.182 e. The average Bonchev–Trinajstić information content (AvgIpc) is 2.99. The molecule has 0 unspecified atom stereocenters. The highest BCUT2D eigenvalue weighted by Gasteiger charge is 2.10. The van der Waals surface area contributed by atoms with Crippen LogP contribution in [0.25, 0.3) is 11.2 Å². The first-order valence-electron chi connectivity index (χ1n) is 5.54. The minimum absolute atomic E-state index is 0.196. The van der Waals surface area contributed by atoms with Crippen molar-refractivity contribution in [3.63, 3.8) is 0 Å². The normalized spacial score (nSPS) is 11.3. The van der Waals surface area contributed by atoms with Crippen LogP contribution in [-0.2, 0) is 13.1 Å². The quantitative estimate of drug-likeness (QED) is 0.669. The van der Waals surface area contributed by atoms with Gasteiger partial charge in [0.15, 0.2) is 10.8 Å². The van der Waals surface area contributed by atoms with E-state index in [1.165, 1.54) is 11.0 Å². The summed E-state index contributed by atoms with van der Waals surface area (Å²) in [7, 11) is 0. The predicted molar refractivity (Wildman–Crippen MR) is 65.4 cm³/mol. The highest BCUT2D eigenvalue weighted by Crippen LogP contribution is 2.18. The maximum atomic E-state index is 12.2. The molecule has 0 bridgehead atoms. The summed E-state index contributed by atoms with van der Waals surface area (Å²) in [5.41, 5.74) is 1.85. The van der Waals surface area contributed by atoms with E-state index in [0.717, 1.165) is 0 Å². The molecular weight excluding hydrogens is 272 g/mol. The van der Waals surface area contributed by atoms with Crippen molar-refractivity contribution in [2.75, 3.05) is 6.67 Å². The Morgan fingerprint density at radius 3 is 3.00 bits per heavy atom. The Morgan fingerprint density at radius 1 is 1.26 bits per heavy atom. The molecule has 0 aliphatic rings. The van der Waals surface area contributed by atoms with E-state index in [0.29, 0.717) is 28.6 Å². The van der Waals surface area contributed by atoms with Crippen molar-refractivity contribution in [2.45, 2.75) is 13.1 Å². The summed E-state index contributed by atoms with van der Waals surface area (Å²) in [6.45, 7) is 0.147. The van der Waals surface area contributed by atoms with Crippen LogP contribution in [0.1, 0.15) is 5.69 Å². The monoisotopic (exact) mass is 280 g/mol. The van der Waals surface area contributed by atoms with Crippen molar-refractivity contribution in [3.05, 3.63) is 29.7 Å². The fourth-order valence-electron chi connectivity index (χ4n) is 1.77. The zero-order chi connectivity index (χ0) is 13.2. The van der Waals surface area contributed by atoms with Crippen LogP contribution in [0.5, 0.6) is 0 Å². The Labute approximate surface area is 112 Å². The van der Waals surface area contributed by atoms with Crippen molar-refractivity contribution in [3.8, 4) is 0 Å². The van der Waals surface area contributed by atoms with Gasteiger partial charge < -0.3 is 4.57 Å². The van der Waals surface area contributed by atoms with Crippen molar-refractivity contribution in [2.24, 2.45) is 0 Å². The van der Waals surface area contributed by atoms with Gasteiger partial charge in [-0.3, -0.25) is 0 Å². The molecule has 3 aromatic rings. The van der Waals surface area contributed by atoms with E-state index >= 15 is 0 Å². The second-order valence-corrected chi connectivity index (χ2v) is 4.23. The Morgan fingerprint density at radius 2 is 2.16 bits per heavy atom. The largest absolute Gasteiger partial charge is 0.320 e. The number of hydrogen-bond donors (Lipinski definition) is 0. The van der Waals surface area contributed by atoms with E-state index in [4.69, 9.17) is 11.6 Å². The third kappa shape index (κ3) is 2.26. The topological polar surface area (TPSA) is 74.3 Å². The predicted octanol–water partition coefficient (Wildman–Crippen LogP) is 1.09. The molecule has 19 heavy (non-hydrogen) atoms. The summed E-state index contributed by atoms with van der Waals surface area (Å²) in [5, 5.41) is 8.11. The summed E-state index contributed by atoms with van der Waals surface area (Å²) in [6, 6.07) is 0. The molecule has 0 radical (unpaired) electrons. The van der Waals surface area contributed by atoms with Crippen LogP contribution in [0.2, 0.25) is 5.15 Å². The smallest absolute Gasteiger partial charge is 0.182 e. The van der Waals surface area contributed by atoms with Gasteiger partial charge in [-0.1, -0.05) is 16.8 Å². The molecule has 0 fully saturated rings. The van der Waals surface area contributed by atoms with Crippen molar-refractivity contribution < 1.29 is 4.39 Å². The van der Waals surface area contributed by atoms with Gasteiger partial charge in [-0.25, -0.2) is 24.0 Å². The molecule has 7 nitrogen and oxygen atoms in total. The maximum absolute atomic E-state index is 12.2. The van der Waals surface area contributed by atoms with E-state index in [-0.39, 0.29) is 6.54 Å². The minimum atomic E-state index is -0.476. The molecule has 3 rings (SSSR count). The van der Waals surface area contributed by atoms with Gasteiger partial charge in [-0.2, -0.15) is 0 Å². The standard InChI is InChI=1S/C10H9ClFN7/c11-9-8-10(14-5-13-9)15-6-18(8)3-7-4-19(2-1-12)17-16-7/h4-6H,1-3H2/i12-1. The van der Waals surface area contributed by atoms with Crippen LogP contribution in [0.3, 0.4) is 0 Å². The molecule has 0 aliphatic heterocycles. The van der Waals surface area contributed by atoms with Crippen LogP contribution >= 0.6 is 11.6 Å². The Kier molecular flexibility index (Phi) is 3.08. The number of fused-ring (bicyclic) bond motifs is 1. The van der Waals surface area contributed by atoms with Crippen LogP contribution < -0.4 is 0 Å². The second-order valence-electron chi connectivity index (χ2n) is 3.87. The van der Waals surface area contributed by atoms with Crippen molar-refractivity contribution >= 4 is 22.8 Å². The van der Waals surface area contributed by atoms with Gasteiger partial charge >= 0.3 is 0 Å². The molecule has 3 aromatic heterocycles. The van der Waals surface area contributed by atoms with Gasteiger partial charge in [0.2, 0.25) is 0 Å². The minimum Gasteiger partial charge on any atom is -0.320 e. The van der Waals surface area contributed by atoms with Crippen LogP contribution in [0.15, 0.2) is 18.9 Å². The third-order valence-electron chi connectivity index (χ3n) is 2.60. The van der Waals surface area contributed by atoms with Crippen molar-refractivity contribution in [1.29, 1.82) is 0 Å². The molecule has 0 N–H and O–H groups in total. The van der Waals surface area contributed by atoms with Gasteiger partial charge in [0.1, 0.15) is 24.2 Å². The summed E-state index contributed by atoms with van der Waals surface area (Å²) < 4.78 is 15.4. The molecule has 98 valence electrons. The van der Waals surface area contributed by atoms with Gasteiger partial charge in [0, 0.05) is 0 Å². The highest BCUT2D eigenvalue weighted by molar-refractivity contribution is 6.33. The summed E-state index contributed by atoms with van der Waals surface area (Å²) >= 11 is 6.02. The highest BCUT2D eigenvalue weighted by atomic mass is 35.5. The van der Waals surface area contributed by atoms with Gasteiger partial charge in [-0.05, 0) is 0 Å². The van der Waals surface area contributed by atoms with E-state index < -0.39 is 6.67 Å².